The van der Waals surface area contributed by atoms with Crippen molar-refractivity contribution in [3.8, 4) is 0 Å². The highest BCUT2D eigenvalue weighted by molar-refractivity contribution is 5.79. The molecule has 0 aromatic carbocycles. The van der Waals surface area contributed by atoms with Crippen LogP contribution >= 0.6 is 0 Å². The molecule has 5 nitrogen and oxygen atoms in total. The number of furan rings is 1. The number of hydrazine groups is 1. The minimum atomic E-state index is 0.490. The van der Waals surface area contributed by atoms with E-state index < -0.39 is 0 Å². The number of aryl methyl sites for hydroxylation is 1. The highest BCUT2D eigenvalue weighted by Gasteiger charge is 1.98. The lowest BCUT2D eigenvalue weighted by Gasteiger charge is -2.06. The van der Waals surface area contributed by atoms with E-state index in [-0.39, 0.29) is 0 Å². The van der Waals surface area contributed by atoms with Crippen LogP contribution in [0.25, 0.3) is 0 Å². The van der Waals surface area contributed by atoms with Crippen LogP contribution in [-0.4, -0.2) is 12.5 Å². The van der Waals surface area contributed by atoms with Crippen LogP contribution in [0.1, 0.15) is 24.9 Å². The molecule has 84 valence electrons. The lowest BCUT2D eigenvalue weighted by Crippen LogP contribution is -2.41. The Morgan fingerprint density at radius 3 is 2.87 bits per heavy atom. The molecule has 1 heterocycles. The van der Waals surface area contributed by atoms with Crippen molar-refractivity contribution >= 4 is 5.96 Å². The third kappa shape index (κ3) is 4.03. The van der Waals surface area contributed by atoms with Gasteiger partial charge < -0.3 is 9.73 Å². The zero-order valence-electron chi connectivity index (χ0n) is 9.21. The molecule has 0 fully saturated rings. The van der Waals surface area contributed by atoms with E-state index in [1.807, 2.05) is 19.1 Å². The van der Waals surface area contributed by atoms with Gasteiger partial charge in [-0.05, 0) is 25.5 Å². The Labute approximate surface area is 89.7 Å². The quantitative estimate of drug-likeness (QED) is 0.299. The molecule has 0 aliphatic rings. The molecule has 0 aliphatic heterocycles. The second-order valence-electron chi connectivity index (χ2n) is 3.25. The van der Waals surface area contributed by atoms with Crippen molar-refractivity contribution in [2.24, 2.45) is 10.8 Å². The van der Waals surface area contributed by atoms with E-state index in [9.17, 15) is 0 Å². The fourth-order valence-electron chi connectivity index (χ4n) is 1.12. The van der Waals surface area contributed by atoms with Crippen molar-refractivity contribution in [2.75, 3.05) is 6.54 Å². The largest absolute Gasteiger partial charge is 0.464 e. The number of aliphatic imine (C=N–C) groups is 1. The summed E-state index contributed by atoms with van der Waals surface area (Å²) < 4.78 is 5.38. The number of nitrogens with two attached hydrogens (primary N) is 1. The Hall–Kier alpha value is -1.49. The number of hydrogen-bond donors (Lipinski definition) is 3. The first-order chi connectivity index (χ1) is 7.26. The van der Waals surface area contributed by atoms with Gasteiger partial charge in [0.15, 0.2) is 0 Å². The van der Waals surface area contributed by atoms with Gasteiger partial charge in [0, 0.05) is 6.54 Å². The van der Waals surface area contributed by atoms with Crippen molar-refractivity contribution < 1.29 is 4.42 Å². The third-order valence-electron chi connectivity index (χ3n) is 1.87. The van der Waals surface area contributed by atoms with Crippen LogP contribution in [0.3, 0.4) is 0 Å². The number of guanidine groups is 1. The number of rotatable bonds is 4. The monoisotopic (exact) mass is 210 g/mol. The molecule has 0 bridgehead atoms. The standard InChI is InChI=1S/C10H18N4O/c1-3-6-12-10(14-11)13-7-9-5-4-8(2)15-9/h4-5H,3,6-7,11H2,1-2H3,(H2,12,13,14). The maximum atomic E-state index is 5.38. The summed E-state index contributed by atoms with van der Waals surface area (Å²) in [7, 11) is 0. The van der Waals surface area contributed by atoms with Gasteiger partial charge in [0.25, 0.3) is 0 Å². The van der Waals surface area contributed by atoms with Crippen LogP contribution in [0, 0.1) is 6.92 Å². The summed E-state index contributed by atoms with van der Waals surface area (Å²) in [6, 6.07) is 3.83. The molecule has 15 heavy (non-hydrogen) atoms. The first-order valence-electron chi connectivity index (χ1n) is 5.06. The van der Waals surface area contributed by atoms with E-state index in [1.165, 1.54) is 0 Å². The maximum Gasteiger partial charge on any atom is 0.206 e. The summed E-state index contributed by atoms with van der Waals surface area (Å²) in [5.41, 5.74) is 2.51. The first-order valence-corrected chi connectivity index (χ1v) is 5.06. The van der Waals surface area contributed by atoms with Crippen molar-refractivity contribution in [1.29, 1.82) is 0 Å². The Balaban J connectivity index is 2.46. The molecule has 0 spiro atoms. The molecule has 4 N–H and O–H groups in total. The molecule has 0 atom stereocenters. The van der Waals surface area contributed by atoms with Crippen LogP contribution < -0.4 is 16.6 Å². The van der Waals surface area contributed by atoms with Gasteiger partial charge in [-0.25, -0.2) is 10.8 Å². The van der Waals surface area contributed by atoms with Crippen LogP contribution in [0.4, 0.5) is 0 Å². The average molecular weight is 210 g/mol. The molecule has 5 heteroatoms. The Morgan fingerprint density at radius 2 is 2.33 bits per heavy atom. The molecule has 1 rings (SSSR count). The molecular formula is C10H18N4O. The van der Waals surface area contributed by atoms with E-state index in [1.54, 1.807) is 0 Å². The predicted octanol–water partition coefficient (Wildman–Crippen LogP) is 0.907. The van der Waals surface area contributed by atoms with Gasteiger partial charge in [-0.15, -0.1) is 0 Å². The normalized spacial score (nSPS) is 11.5. The van der Waals surface area contributed by atoms with Crippen LogP contribution in [0.2, 0.25) is 0 Å². The Morgan fingerprint density at radius 1 is 1.53 bits per heavy atom. The molecule has 0 amide bonds. The van der Waals surface area contributed by atoms with Crippen molar-refractivity contribution in [1.82, 2.24) is 10.7 Å². The molecule has 0 aliphatic carbocycles. The minimum Gasteiger partial charge on any atom is -0.464 e. The van der Waals surface area contributed by atoms with Gasteiger partial charge in [-0.3, -0.25) is 5.43 Å². The number of nitrogens with zero attached hydrogens (tertiary/aromatic N) is 1. The van der Waals surface area contributed by atoms with Gasteiger partial charge in [0.1, 0.15) is 18.1 Å². The highest BCUT2D eigenvalue weighted by Crippen LogP contribution is 2.06. The highest BCUT2D eigenvalue weighted by atomic mass is 16.3. The number of hydrogen-bond acceptors (Lipinski definition) is 3. The molecular weight excluding hydrogens is 192 g/mol. The first kappa shape index (κ1) is 11.6. The molecule has 0 radical (unpaired) electrons. The zero-order valence-corrected chi connectivity index (χ0v) is 9.21. The maximum absolute atomic E-state index is 5.38. The summed E-state index contributed by atoms with van der Waals surface area (Å²) in [4.78, 5) is 4.24. The van der Waals surface area contributed by atoms with Crippen LogP contribution in [0.15, 0.2) is 21.5 Å². The van der Waals surface area contributed by atoms with Gasteiger partial charge in [0.05, 0.1) is 0 Å². The van der Waals surface area contributed by atoms with Gasteiger partial charge >= 0.3 is 0 Å². The van der Waals surface area contributed by atoms with E-state index in [4.69, 9.17) is 10.3 Å². The molecule has 1 aromatic heterocycles. The lowest BCUT2D eigenvalue weighted by atomic mass is 10.4. The van der Waals surface area contributed by atoms with Gasteiger partial charge in [-0.2, -0.15) is 0 Å². The minimum absolute atomic E-state index is 0.490. The average Bonchev–Trinajstić information content (AvgIpc) is 2.65. The van der Waals surface area contributed by atoms with E-state index >= 15 is 0 Å². The molecule has 0 saturated carbocycles. The fraction of sp³-hybridized carbons (Fsp3) is 0.500. The van der Waals surface area contributed by atoms with E-state index in [0.29, 0.717) is 12.5 Å². The number of nitrogens with one attached hydrogen (secondary N) is 2. The summed E-state index contributed by atoms with van der Waals surface area (Å²) in [6.07, 6.45) is 1.03. The summed E-state index contributed by atoms with van der Waals surface area (Å²) in [5, 5.41) is 3.07. The van der Waals surface area contributed by atoms with Gasteiger partial charge in [-0.1, -0.05) is 6.92 Å². The SMILES string of the molecule is CCCNC(=NCc1ccc(C)o1)NN. The van der Waals surface area contributed by atoms with Crippen LogP contribution in [0.5, 0.6) is 0 Å². The van der Waals surface area contributed by atoms with Gasteiger partial charge in [0.2, 0.25) is 5.96 Å². The summed E-state index contributed by atoms with van der Waals surface area (Å²) >= 11 is 0. The van der Waals surface area contributed by atoms with Crippen molar-refractivity contribution in [3.05, 3.63) is 23.7 Å². The second-order valence-corrected chi connectivity index (χ2v) is 3.25. The van der Waals surface area contributed by atoms with Crippen molar-refractivity contribution in [2.45, 2.75) is 26.8 Å². The predicted molar refractivity (Wildman–Crippen MR) is 60.2 cm³/mol. The molecule has 1 aromatic rings. The fourth-order valence-corrected chi connectivity index (χ4v) is 1.12. The topological polar surface area (TPSA) is 75.6 Å². The second kappa shape index (κ2) is 6.08. The zero-order chi connectivity index (χ0) is 11.1. The molecule has 0 unspecified atom stereocenters. The Kier molecular flexibility index (Phi) is 4.70. The Bertz CT molecular complexity index is 319. The summed E-state index contributed by atoms with van der Waals surface area (Å²) in [6.45, 7) is 5.33. The third-order valence-corrected chi connectivity index (χ3v) is 1.87. The van der Waals surface area contributed by atoms with Crippen LogP contribution in [-0.2, 0) is 6.54 Å². The molecule has 0 saturated heterocycles. The van der Waals surface area contributed by atoms with E-state index in [0.717, 1.165) is 24.5 Å². The lowest BCUT2D eigenvalue weighted by molar-refractivity contribution is 0.485. The van der Waals surface area contributed by atoms with E-state index in [2.05, 4.69) is 22.7 Å². The van der Waals surface area contributed by atoms with Crippen molar-refractivity contribution in [3.63, 3.8) is 0 Å². The smallest absolute Gasteiger partial charge is 0.206 e. The summed E-state index contributed by atoms with van der Waals surface area (Å²) in [5.74, 6) is 7.62.